The number of carbonyl (C=O) groups excluding carboxylic acids is 2. The number of nitrogens with one attached hydrogen (secondary N) is 2. The zero-order valence-corrected chi connectivity index (χ0v) is 22.0. The number of hydrogen-bond acceptors (Lipinski definition) is 6. The lowest BCUT2D eigenvalue weighted by Crippen LogP contribution is -2.64. The van der Waals surface area contributed by atoms with Gasteiger partial charge in [0.2, 0.25) is 11.8 Å². The smallest absolute Gasteiger partial charge is 0.326 e. The summed E-state index contributed by atoms with van der Waals surface area (Å²) in [6, 6.07) is 3.62. The minimum Gasteiger partial charge on any atom is -0.493 e. The molecule has 1 saturated heterocycles. The summed E-state index contributed by atoms with van der Waals surface area (Å²) in [5.41, 5.74) is 2.42. The van der Waals surface area contributed by atoms with Crippen LogP contribution in [0.15, 0.2) is 24.3 Å². The van der Waals surface area contributed by atoms with Crippen LogP contribution in [-0.4, -0.2) is 73.2 Å². The van der Waals surface area contributed by atoms with Gasteiger partial charge in [0.15, 0.2) is 11.5 Å². The Morgan fingerprint density at radius 2 is 2.03 bits per heavy atom. The number of ether oxygens (including phenoxy) is 2. The molecule has 37 heavy (non-hydrogen) atoms. The fourth-order valence-corrected chi connectivity index (χ4v) is 7.05. The third kappa shape index (κ3) is 4.17. The number of carboxylic acids is 1. The number of nitrogens with zero attached hydrogens (tertiary/aromatic N) is 1. The molecule has 2 unspecified atom stereocenters. The van der Waals surface area contributed by atoms with Crippen molar-refractivity contribution in [3.8, 4) is 11.5 Å². The maximum absolute atomic E-state index is 12.9. The molecule has 0 saturated carbocycles. The standard InChI is InChI=1S/C28H37N3O6/c1-15(2)24(27(34)35)30-21(32)9-11-29-22(33)14-17-5-7-18-19-13-16-6-8-20(36-4)25-23(16)28(18,26(17)37-25)10-12-31(19)3/h5-8,15,17-19,24,26H,9-14H2,1-4H3,(H,29,33)(H,30,32)(H,34,35)/t17-,18?,19-,24?,26+,28+/m1/s1. The van der Waals surface area contributed by atoms with Gasteiger partial charge >= 0.3 is 5.97 Å². The maximum Gasteiger partial charge on any atom is 0.326 e. The topological polar surface area (TPSA) is 117 Å². The second-order valence-corrected chi connectivity index (χ2v) is 11.2. The van der Waals surface area contributed by atoms with E-state index < -0.39 is 17.9 Å². The summed E-state index contributed by atoms with van der Waals surface area (Å²) in [7, 11) is 3.86. The minimum atomic E-state index is -1.06. The van der Waals surface area contributed by atoms with Gasteiger partial charge in [-0.05, 0) is 44.0 Å². The first kappa shape index (κ1) is 25.6. The molecular formula is C28H37N3O6. The molecule has 2 heterocycles. The number of rotatable bonds is 9. The Kier molecular flexibility index (Phi) is 6.68. The van der Waals surface area contributed by atoms with E-state index >= 15 is 0 Å². The van der Waals surface area contributed by atoms with Crippen LogP contribution < -0.4 is 20.1 Å². The molecule has 1 spiro atoms. The second-order valence-electron chi connectivity index (χ2n) is 11.2. The quantitative estimate of drug-likeness (QED) is 0.434. The highest BCUT2D eigenvalue weighted by molar-refractivity contribution is 5.84. The van der Waals surface area contributed by atoms with Gasteiger partial charge in [-0.25, -0.2) is 4.79 Å². The number of aliphatic carboxylic acids is 1. The molecule has 9 nitrogen and oxygen atoms in total. The molecule has 2 aliphatic heterocycles. The zero-order chi connectivity index (χ0) is 26.5. The first-order valence-electron chi connectivity index (χ1n) is 13.2. The van der Waals surface area contributed by atoms with E-state index in [1.807, 2.05) is 6.07 Å². The fraction of sp³-hybridized carbons (Fsp3) is 0.607. The molecule has 0 radical (unpaired) electrons. The van der Waals surface area contributed by atoms with E-state index in [0.29, 0.717) is 12.0 Å². The van der Waals surface area contributed by atoms with Crippen LogP contribution in [0.5, 0.6) is 11.5 Å². The monoisotopic (exact) mass is 511 g/mol. The lowest BCUT2D eigenvalue weighted by atomic mass is 9.52. The van der Waals surface area contributed by atoms with E-state index in [0.717, 1.165) is 30.9 Å². The van der Waals surface area contributed by atoms with Crippen LogP contribution in [-0.2, 0) is 26.2 Å². The van der Waals surface area contributed by atoms with Crippen LogP contribution in [0.1, 0.15) is 44.2 Å². The van der Waals surface area contributed by atoms with E-state index in [-0.39, 0.29) is 48.6 Å². The van der Waals surface area contributed by atoms with Gasteiger partial charge < -0.3 is 30.1 Å². The Bertz CT molecular complexity index is 1130. The average Bonchev–Trinajstić information content (AvgIpc) is 3.20. The van der Waals surface area contributed by atoms with Crippen molar-refractivity contribution in [2.24, 2.45) is 17.8 Å². The first-order valence-corrected chi connectivity index (χ1v) is 13.2. The van der Waals surface area contributed by atoms with Crippen molar-refractivity contribution in [3.63, 3.8) is 0 Å². The summed E-state index contributed by atoms with van der Waals surface area (Å²) in [6.45, 7) is 4.61. The minimum absolute atomic E-state index is 0.0225. The molecule has 1 fully saturated rings. The number of likely N-dealkylation sites (N-methyl/N-ethyl adjacent to an activating group) is 1. The lowest BCUT2D eigenvalue weighted by Gasteiger charge is -2.57. The zero-order valence-electron chi connectivity index (χ0n) is 22.0. The normalized spacial score (nSPS) is 29.8. The van der Waals surface area contributed by atoms with Crippen molar-refractivity contribution >= 4 is 17.8 Å². The highest BCUT2D eigenvalue weighted by Crippen LogP contribution is 2.63. The number of piperidine rings is 1. The molecule has 200 valence electrons. The van der Waals surface area contributed by atoms with E-state index in [2.05, 4.69) is 40.8 Å². The number of benzene rings is 1. The molecule has 5 rings (SSSR count). The van der Waals surface area contributed by atoms with Crippen molar-refractivity contribution in [1.82, 2.24) is 15.5 Å². The first-order chi connectivity index (χ1) is 17.7. The van der Waals surface area contributed by atoms with Crippen LogP contribution in [0.25, 0.3) is 0 Å². The Balaban J connectivity index is 1.28. The van der Waals surface area contributed by atoms with Gasteiger partial charge in [-0.3, -0.25) is 9.59 Å². The average molecular weight is 512 g/mol. The highest BCUT2D eigenvalue weighted by atomic mass is 16.5. The SMILES string of the molecule is COc1ccc2c3c1O[C@H]1[C@@H](CC(=O)NCCC(=O)NC(C(=O)O)C(C)C)C=CC4[C@@H](C2)N(C)CC[C@@]341. The van der Waals surface area contributed by atoms with Gasteiger partial charge in [0.1, 0.15) is 12.1 Å². The molecule has 1 aromatic rings. The summed E-state index contributed by atoms with van der Waals surface area (Å²) in [5, 5.41) is 14.6. The van der Waals surface area contributed by atoms with Gasteiger partial charge in [-0.15, -0.1) is 0 Å². The van der Waals surface area contributed by atoms with Crippen molar-refractivity contribution in [2.75, 3.05) is 27.2 Å². The maximum atomic E-state index is 12.9. The summed E-state index contributed by atoms with van der Waals surface area (Å²) in [6.07, 6.45) is 6.52. The molecular weight excluding hydrogens is 474 g/mol. The Labute approximate surface area is 217 Å². The van der Waals surface area contributed by atoms with Gasteiger partial charge in [0.25, 0.3) is 0 Å². The highest BCUT2D eigenvalue weighted by Gasteiger charge is 2.64. The molecule has 2 bridgehead atoms. The summed E-state index contributed by atoms with van der Waals surface area (Å²) in [4.78, 5) is 38.9. The number of likely N-dealkylation sites (tertiary alicyclic amines) is 1. The van der Waals surface area contributed by atoms with E-state index in [9.17, 15) is 19.5 Å². The summed E-state index contributed by atoms with van der Waals surface area (Å²) >= 11 is 0. The van der Waals surface area contributed by atoms with E-state index in [1.54, 1.807) is 21.0 Å². The van der Waals surface area contributed by atoms with E-state index in [1.165, 1.54) is 11.1 Å². The Hall–Kier alpha value is -3.07. The summed E-state index contributed by atoms with van der Waals surface area (Å²) < 4.78 is 12.4. The Morgan fingerprint density at radius 3 is 2.73 bits per heavy atom. The molecule has 9 heteroatoms. The molecule has 0 aromatic heterocycles. The van der Waals surface area contributed by atoms with Crippen molar-refractivity contribution in [2.45, 2.75) is 63.1 Å². The van der Waals surface area contributed by atoms with Crippen LogP contribution in [0, 0.1) is 17.8 Å². The second kappa shape index (κ2) is 9.67. The molecule has 2 aliphatic carbocycles. The number of carboxylic acid groups (broad SMARTS) is 1. The van der Waals surface area contributed by atoms with Crippen LogP contribution in [0.3, 0.4) is 0 Å². The molecule has 3 N–H and O–H groups in total. The number of carbonyl (C=O) groups is 3. The number of methoxy groups -OCH3 is 1. The van der Waals surface area contributed by atoms with Crippen LogP contribution in [0.4, 0.5) is 0 Å². The predicted octanol–water partition coefficient (Wildman–Crippen LogP) is 1.88. The Morgan fingerprint density at radius 1 is 1.24 bits per heavy atom. The van der Waals surface area contributed by atoms with Crippen molar-refractivity contribution in [1.29, 1.82) is 0 Å². The van der Waals surface area contributed by atoms with Gasteiger partial charge in [-0.2, -0.15) is 0 Å². The van der Waals surface area contributed by atoms with E-state index in [4.69, 9.17) is 9.47 Å². The van der Waals surface area contributed by atoms with Gasteiger partial charge in [0.05, 0.1) is 7.11 Å². The molecule has 2 amide bonds. The van der Waals surface area contributed by atoms with Crippen LogP contribution >= 0.6 is 0 Å². The van der Waals surface area contributed by atoms with Crippen LogP contribution in [0.2, 0.25) is 0 Å². The number of hydrogen-bond donors (Lipinski definition) is 3. The predicted molar refractivity (Wildman–Crippen MR) is 137 cm³/mol. The largest absolute Gasteiger partial charge is 0.493 e. The molecule has 4 aliphatic rings. The fourth-order valence-electron chi connectivity index (χ4n) is 7.05. The van der Waals surface area contributed by atoms with Gasteiger partial charge in [0, 0.05) is 48.2 Å². The van der Waals surface area contributed by atoms with Crippen molar-refractivity contribution in [3.05, 3.63) is 35.4 Å². The van der Waals surface area contributed by atoms with Crippen molar-refractivity contribution < 1.29 is 29.0 Å². The lowest BCUT2D eigenvalue weighted by molar-refractivity contribution is -0.143. The summed E-state index contributed by atoms with van der Waals surface area (Å²) in [5.74, 6) is -0.0395. The third-order valence-electron chi connectivity index (χ3n) is 8.83. The number of amides is 2. The third-order valence-corrected chi connectivity index (χ3v) is 8.83. The molecule has 6 atom stereocenters. The van der Waals surface area contributed by atoms with Gasteiger partial charge in [-0.1, -0.05) is 32.1 Å². The molecule has 1 aromatic carbocycles.